The van der Waals surface area contributed by atoms with Gasteiger partial charge in [-0.15, -0.1) is 0 Å². The van der Waals surface area contributed by atoms with E-state index in [-0.39, 0.29) is 11.3 Å². The Balaban J connectivity index is 2.20. The Morgan fingerprint density at radius 2 is 1.50 bits per heavy atom. The molecule has 0 aliphatic rings. The van der Waals surface area contributed by atoms with Crippen LogP contribution in [-0.4, -0.2) is 21.8 Å². The molecule has 1 atom stereocenters. The van der Waals surface area contributed by atoms with Crippen LogP contribution >= 0.6 is 11.6 Å². The largest absolute Gasteiger partial charge is 0.508 e. The summed E-state index contributed by atoms with van der Waals surface area (Å²) in [6.07, 6.45) is -1.53. The monoisotopic (exact) mass is 290 g/mol. The molecule has 5 heteroatoms. The first kappa shape index (κ1) is 14.2. The van der Waals surface area contributed by atoms with E-state index in [1.807, 2.05) is 0 Å². The lowest BCUT2D eigenvalue weighted by atomic mass is 9.99. The van der Waals surface area contributed by atoms with E-state index in [1.54, 1.807) is 0 Å². The number of phenols is 1. The zero-order valence-electron chi connectivity index (χ0n) is 10.3. The van der Waals surface area contributed by atoms with Crippen LogP contribution in [-0.2, 0) is 4.79 Å². The van der Waals surface area contributed by atoms with Gasteiger partial charge in [0.25, 0.3) is 0 Å². The summed E-state index contributed by atoms with van der Waals surface area (Å²) in [6, 6.07) is 11.3. The van der Waals surface area contributed by atoms with Crippen molar-refractivity contribution in [2.45, 2.75) is 6.10 Å². The van der Waals surface area contributed by atoms with Gasteiger partial charge >= 0.3 is 0 Å². The van der Waals surface area contributed by atoms with Gasteiger partial charge in [0, 0.05) is 10.6 Å². The van der Waals surface area contributed by atoms with Crippen molar-refractivity contribution in [1.29, 1.82) is 0 Å². The molecule has 0 aliphatic heterocycles. The van der Waals surface area contributed by atoms with Crippen molar-refractivity contribution in [3.8, 4) is 5.75 Å². The van der Waals surface area contributed by atoms with Crippen molar-refractivity contribution in [3.05, 3.63) is 64.7 Å². The van der Waals surface area contributed by atoms with Gasteiger partial charge in [-0.1, -0.05) is 23.7 Å². The van der Waals surface area contributed by atoms with Crippen LogP contribution in [0.1, 0.15) is 22.0 Å². The minimum Gasteiger partial charge on any atom is -0.508 e. The fourth-order valence-electron chi connectivity index (χ4n) is 1.68. The number of Topliss-reactive ketones (excluding diaryl/α,β-unsaturated/α-hetero) is 2. The first-order valence-electron chi connectivity index (χ1n) is 5.80. The van der Waals surface area contributed by atoms with Crippen LogP contribution in [0.15, 0.2) is 48.5 Å². The number of benzene rings is 2. The maximum atomic E-state index is 11.9. The second-order valence-electron chi connectivity index (χ2n) is 4.19. The standard InChI is InChI=1S/C15H11ClO4/c16-11-5-1-9(2-6-11)13(18)15(20)14(19)10-3-7-12(17)8-4-10/h1-8,13,17-18H. The molecule has 0 saturated heterocycles. The smallest absolute Gasteiger partial charge is 0.236 e. The third-order valence-corrected chi connectivity index (χ3v) is 3.04. The van der Waals surface area contributed by atoms with Gasteiger partial charge in [-0.2, -0.15) is 0 Å². The molecular weight excluding hydrogens is 280 g/mol. The number of hydrogen-bond acceptors (Lipinski definition) is 4. The highest BCUT2D eigenvalue weighted by Gasteiger charge is 2.25. The fourth-order valence-corrected chi connectivity index (χ4v) is 1.80. The van der Waals surface area contributed by atoms with E-state index in [0.29, 0.717) is 10.6 Å². The average molecular weight is 291 g/mol. The molecule has 2 N–H and O–H groups in total. The number of phenolic OH excluding ortho intramolecular Hbond substituents is 1. The number of carbonyl (C=O) groups excluding carboxylic acids is 2. The molecule has 0 aromatic heterocycles. The molecule has 0 fully saturated rings. The van der Waals surface area contributed by atoms with E-state index in [1.165, 1.54) is 48.5 Å². The van der Waals surface area contributed by atoms with Crippen molar-refractivity contribution < 1.29 is 19.8 Å². The fraction of sp³-hybridized carbons (Fsp3) is 0.0667. The van der Waals surface area contributed by atoms with Gasteiger partial charge in [-0.3, -0.25) is 9.59 Å². The Morgan fingerprint density at radius 1 is 0.950 bits per heavy atom. The first-order chi connectivity index (χ1) is 9.49. The van der Waals surface area contributed by atoms with Crippen LogP contribution in [0.2, 0.25) is 5.02 Å². The predicted molar refractivity (Wildman–Crippen MR) is 73.9 cm³/mol. The third kappa shape index (κ3) is 3.04. The van der Waals surface area contributed by atoms with Gasteiger partial charge < -0.3 is 10.2 Å². The predicted octanol–water partition coefficient (Wildman–Crippen LogP) is 2.53. The van der Waals surface area contributed by atoms with Crippen LogP contribution in [0, 0.1) is 0 Å². The molecular formula is C15H11ClO4. The van der Waals surface area contributed by atoms with Gasteiger partial charge in [0.1, 0.15) is 11.9 Å². The zero-order valence-corrected chi connectivity index (χ0v) is 11.0. The molecule has 0 amide bonds. The molecule has 2 aromatic carbocycles. The molecule has 0 bridgehead atoms. The van der Waals surface area contributed by atoms with Gasteiger partial charge in [0.05, 0.1) is 0 Å². The normalized spacial score (nSPS) is 11.9. The van der Waals surface area contributed by atoms with Crippen LogP contribution in [0.3, 0.4) is 0 Å². The topological polar surface area (TPSA) is 74.6 Å². The number of carbonyl (C=O) groups is 2. The molecule has 0 spiro atoms. The van der Waals surface area contributed by atoms with E-state index in [9.17, 15) is 14.7 Å². The molecule has 2 aromatic rings. The SMILES string of the molecule is O=C(C(=O)C(O)c1ccc(Cl)cc1)c1ccc(O)cc1. The molecule has 102 valence electrons. The van der Waals surface area contributed by atoms with E-state index < -0.39 is 17.7 Å². The summed E-state index contributed by atoms with van der Waals surface area (Å²) in [5.74, 6) is -1.75. The number of rotatable bonds is 4. The Kier molecular flexibility index (Phi) is 4.17. The lowest BCUT2D eigenvalue weighted by molar-refractivity contribution is -0.122. The highest BCUT2D eigenvalue weighted by atomic mass is 35.5. The van der Waals surface area contributed by atoms with E-state index in [4.69, 9.17) is 16.7 Å². The quantitative estimate of drug-likeness (QED) is 0.670. The van der Waals surface area contributed by atoms with Gasteiger partial charge in [0.2, 0.25) is 11.6 Å². The molecule has 4 nitrogen and oxygen atoms in total. The van der Waals surface area contributed by atoms with E-state index in [0.717, 1.165) is 0 Å². The van der Waals surface area contributed by atoms with Gasteiger partial charge in [-0.25, -0.2) is 0 Å². The van der Waals surface area contributed by atoms with Crippen molar-refractivity contribution in [2.75, 3.05) is 0 Å². The Labute approximate surface area is 120 Å². The van der Waals surface area contributed by atoms with Gasteiger partial charge in [-0.05, 0) is 42.0 Å². The van der Waals surface area contributed by atoms with Crippen LogP contribution in [0.4, 0.5) is 0 Å². The molecule has 0 saturated carbocycles. The van der Waals surface area contributed by atoms with Crippen molar-refractivity contribution in [2.24, 2.45) is 0 Å². The van der Waals surface area contributed by atoms with Crippen molar-refractivity contribution in [1.82, 2.24) is 0 Å². The summed E-state index contributed by atoms with van der Waals surface area (Å²) in [5, 5.41) is 19.5. The molecule has 0 aliphatic carbocycles. The molecule has 2 rings (SSSR count). The lowest BCUT2D eigenvalue weighted by Crippen LogP contribution is -2.22. The van der Waals surface area contributed by atoms with Gasteiger partial charge in [0.15, 0.2) is 0 Å². The Bertz CT molecular complexity index is 632. The first-order valence-corrected chi connectivity index (χ1v) is 6.18. The Morgan fingerprint density at radius 3 is 2.05 bits per heavy atom. The van der Waals surface area contributed by atoms with E-state index in [2.05, 4.69) is 0 Å². The van der Waals surface area contributed by atoms with Crippen LogP contribution in [0.5, 0.6) is 5.75 Å². The summed E-state index contributed by atoms with van der Waals surface area (Å²) in [7, 11) is 0. The summed E-state index contributed by atoms with van der Waals surface area (Å²) >= 11 is 5.71. The maximum Gasteiger partial charge on any atom is 0.236 e. The van der Waals surface area contributed by atoms with Crippen LogP contribution < -0.4 is 0 Å². The van der Waals surface area contributed by atoms with Crippen molar-refractivity contribution in [3.63, 3.8) is 0 Å². The minimum absolute atomic E-state index is 0.00718. The van der Waals surface area contributed by atoms with E-state index >= 15 is 0 Å². The molecule has 0 heterocycles. The minimum atomic E-state index is -1.53. The second-order valence-corrected chi connectivity index (χ2v) is 4.63. The number of aliphatic hydroxyl groups excluding tert-OH is 1. The highest BCUT2D eigenvalue weighted by Crippen LogP contribution is 2.19. The van der Waals surface area contributed by atoms with Crippen LogP contribution in [0.25, 0.3) is 0 Å². The highest BCUT2D eigenvalue weighted by molar-refractivity contribution is 6.45. The number of aliphatic hydroxyl groups is 1. The number of aromatic hydroxyl groups is 1. The number of hydrogen-bond donors (Lipinski definition) is 2. The lowest BCUT2D eigenvalue weighted by Gasteiger charge is -2.09. The average Bonchev–Trinajstić information content (AvgIpc) is 2.46. The molecule has 20 heavy (non-hydrogen) atoms. The third-order valence-electron chi connectivity index (χ3n) is 2.79. The summed E-state index contributed by atoms with van der Waals surface area (Å²) < 4.78 is 0. The maximum absolute atomic E-state index is 11.9. The summed E-state index contributed by atoms with van der Waals surface area (Å²) in [5.41, 5.74) is 0.410. The molecule has 0 radical (unpaired) electrons. The summed E-state index contributed by atoms with van der Waals surface area (Å²) in [6.45, 7) is 0. The zero-order chi connectivity index (χ0) is 14.7. The number of ketones is 2. The Hall–Kier alpha value is -2.17. The summed E-state index contributed by atoms with van der Waals surface area (Å²) in [4.78, 5) is 23.8. The number of halogens is 1. The molecule has 1 unspecified atom stereocenters. The second kappa shape index (κ2) is 5.86. The van der Waals surface area contributed by atoms with Crippen molar-refractivity contribution >= 4 is 23.2 Å².